The van der Waals surface area contributed by atoms with Gasteiger partial charge in [-0.1, -0.05) is 42.5 Å². The van der Waals surface area contributed by atoms with E-state index in [2.05, 4.69) is 5.32 Å². The smallest absolute Gasteiger partial charge is 0.309 e. The first-order valence-electron chi connectivity index (χ1n) is 6.82. The lowest BCUT2D eigenvalue weighted by Crippen LogP contribution is -2.15. The topological polar surface area (TPSA) is 58.6 Å². The third-order valence-electron chi connectivity index (χ3n) is 3.30. The third kappa shape index (κ3) is 4.33. The molecular weight excluding hydrogens is 266 g/mol. The van der Waals surface area contributed by atoms with Crippen LogP contribution < -0.4 is 5.32 Å². The van der Waals surface area contributed by atoms with Gasteiger partial charge in [-0.05, 0) is 17.2 Å². The van der Waals surface area contributed by atoms with Crippen molar-refractivity contribution in [2.24, 2.45) is 0 Å². The average Bonchev–Trinajstić information content (AvgIpc) is 2.50. The minimum atomic E-state index is -0.247. The van der Waals surface area contributed by atoms with E-state index in [9.17, 15) is 9.90 Å². The molecule has 0 radical (unpaired) electrons. The van der Waals surface area contributed by atoms with Gasteiger partial charge in [-0.3, -0.25) is 4.79 Å². The van der Waals surface area contributed by atoms with E-state index in [-0.39, 0.29) is 18.1 Å². The second kappa shape index (κ2) is 7.45. The van der Waals surface area contributed by atoms with Crippen LogP contribution in [0.25, 0.3) is 0 Å². The number of para-hydroxylation sites is 1. The highest BCUT2D eigenvalue weighted by atomic mass is 16.5. The van der Waals surface area contributed by atoms with Crippen LogP contribution in [-0.2, 0) is 29.0 Å². The molecule has 0 saturated carbocycles. The number of hydrogen-bond acceptors (Lipinski definition) is 4. The molecular formula is C17H19NO3. The number of ether oxygens (including phenoxy) is 1. The third-order valence-corrected chi connectivity index (χ3v) is 3.30. The zero-order valence-electron chi connectivity index (χ0n) is 12.0. The summed E-state index contributed by atoms with van der Waals surface area (Å²) in [5.74, 6) is 0.0380. The number of benzene rings is 2. The second-order valence-electron chi connectivity index (χ2n) is 4.75. The minimum absolute atomic E-state index is 0.247. The summed E-state index contributed by atoms with van der Waals surface area (Å²) in [6.07, 6.45) is 0.269. The number of nitrogens with one attached hydrogen (secondary N) is 1. The Labute approximate surface area is 124 Å². The molecule has 2 aromatic rings. The van der Waals surface area contributed by atoms with Gasteiger partial charge in [0.05, 0.1) is 13.5 Å². The van der Waals surface area contributed by atoms with Crippen LogP contribution >= 0.6 is 0 Å². The monoisotopic (exact) mass is 285 g/mol. The van der Waals surface area contributed by atoms with Crippen molar-refractivity contribution in [2.75, 3.05) is 7.11 Å². The molecule has 4 heteroatoms. The molecule has 0 aromatic heterocycles. The summed E-state index contributed by atoms with van der Waals surface area (Å²) in [7, 11) is 1.39. The Morgan fingerprint density at radius 1 is 1.00 bits per heavy atom. The summed E-state index contributed by atoms with van der Waals surface area (Å²) in [5, 5.41) is 13.0. The predicted octanol–water partition coefficient (Wildman–Crippen LogP) is 2.40. The van der Waals surface area contributed by atoms with E-state index >= 15 is 0 Å². The molecule has 0 bridgehead atoms. The van der Waals surface area contributed by atoms with Crippen molar-refractivity contribution in [3.63, 3.8) is 0 Å². The molecule has 2 aromatic carbocycles. The van der Waals surface area contributed by atoms with Crippen LogP contribution in [0.3, 0.4) is 0 Å². The lowest BCUT2D eigenvalue weighted by Gasteiger charge is -2.10. The van der Waals surface area contributed by atoms with Gasteiger partial charge < -0.3 is 15.2 Å². The largest absolute Gasteiger partial charge is 0.508 e. The summed E-state index contributed by atoms with van der Waals surface area (Å²) in [6.45, 7) is 1.20. The van der Waals surface area contributed by atoms with Gasteiger partial charge in [0, 0.05) is 18.7 Å². The standard InChI is InChI=1S/C17H19NO3/c1-21-17(20)10-13-6-2-3-7-14(13)11-18-12-15-8-4-5-9-16(15)19/h2-9,18-19H,10-12H2,1H3. The molecule has 0 aliphatic heterocycles. The van der Waals surface area contributed by atoms with Crippen molar-refractivity contribution in [1.82, 2.24) is 5.32 Å². The van der Waals surface area contributed by atoms with Gasteiger partial charge in [0.15, 0.2) is 0 Å². The number of esters is 1. The lowest BCUT2D eigenvalue weighted by atomic mass is 10.0. The van der Waals surface area contributed by atoms with Gasteiger partial charge in [0.2, 0.25) is 0 Å². The summed E-state index contributed by atoms with van der Waals surface area (Å²) in [6, 6.07) is 15.0. The molecule has 0 aliphatic carbocycles. The van der Waals surface area contributed by atoms with Crippen LogP contribution in [0.2, 0.25) is 0 Å². The minimum Gasteiger partial charge on any atom is -0.508 e. The normalized spacial score (nSPS) is 10.3. The Bertz CT molecular complexity index is 610. The highest BCUT2D eigenvalue weighted by Crippen LogP contribution is 2.16. The fourth-order valence-electron chi connectivity index (χ4n) is 2.12. The molecule has 4 nitrogen and oxygen atoms in total. The van der Waals surface area contributed by atoms with E-state index in [4.69, 9.17) is 4.74 Å². The van der Waals surface area contributed by atoms with Crippen LogP contribution in [-0.4, -0.2) is 18.2 Å². The molecule has 0 aliphatic rings. The molecule has 0 amide bonds. The van der Waals surface area contributed by atoms with Crippen LogP contribution in [0, 0.1) is 0 Å². The first-order valence-corrected chi connectivity index (χ1v) is 6.82. The molecule has 2 N–H and O–H groups in total. The van der Waals surface area contributed by atoms with Crippen molar-refractivity contribution >= 4 is 5.97 Å². The maximum absolute atomic E-state index is 11.4. The summed E-state index contributed by atoms with van der Waals surface area (Å²) in [4.78, 5) is 11.4. The van der Waals surface area contributed by atoms with Crippen molar-refractivity contribution in [3.05, 3.63) is 65.2 Å². The Morgan fingerprint density at radius 3 is 2.24 bits per heavy atom. The number of carbonyl (C=O) groups excluding carboxylic acids is 1. The molecule has 0 fully saturated rings. The van der Waals surface area contributed by atoms with Gasteiger partial charge in [-0.2, -0.15) is 0 Å². The van der Waals surface area contributed by atoms with E-state index in [0.29, 0.717) is 13.1 Å². The fourth-order valence-corrected chi connectivity index (χ4v) is 2.12. The SMILES string of the molecule is COC(=O)Cc1ccccc1CNCc1ccccc1O. The zero-order valence-corrected chi connectivity index (χ0v) is 12.0. The molecule has 0 spiro atoms. The van der Waals surface area contributed by atoms with E-state index in [1.54, 1.807) is 12.1 Å². The first kappa shape index (κ1) is 15.1. The number of hydrogen-bond donors (Lipinski definition) is 2. The highest BCUT2D eigenvalue weighted by molar-refractivity contribution is 5.72. The van der Waals surface area contributed by atoms with Crippen molar-refractivity contribution in [1.29, 1.82) is 0 Å². The molecule has 0 atom stereocenters. The molecule has 2 rings (SSSR count). The number of phenols is 1. The first-order chi connectivity index (χ1) is 10.2. The fraction of sp³-hybridized carbons (Fsp3) is 0.235. The second-order valence-corrected chi connectivity index (χ2v) is 4.75. The maximum Gasteiger partial charge on any atom is 0.309 e. The summed E-state index contributed by atoms with van der Waals surface area (Å²) in [5.41, 5.74) is 2.86. The van der Waals surface area contributed by atoms with E-state index < -0.39 is 0 Å². The number of methoxy groups -OCH3 is 1. The number of rotatable bonds is 6. The molecule has 0 heterocycles. The van der Waals surface area contributed by atoms with Gasteiger partial charge in [0.25, 0.3) is 0 Å². The summed E-state index contributed by atoms with van der Waals surface area (Å²) < 4.78 is 4.71. The van der Waals surface area contributed by atoms with E-state index in [0.717, 1.165) is 16.7 Å². The zero-order chi connectivity index (χ0) is 15.1. The molecule has 21 heavy (non-hydrogen) atoms. The van der Waals surface area contributed by atoms with Crippen molar-refractivity contribution < 1.29 is 14.6 Å². The number of aromatic hydroxyl groups is 1. The molecule has 110 valence electrons. The quantitative estimate of drug-likeness (QED) is 0.800. The lowest BCUT2D eigenvalue weighted by molar-refractivity contribution is -0.139. The van der Waals surface area contributed by atoms with Crippen molar-refractivity contribution in [3.8, 4) is 5.75 Å². The number of carbonyl (C=O) groups is 1. The maximum atomic E-state index is 11.4. The van der Waals surface area contributed by atoms with Gasteiger partial charge in [0.1, 0.15) is 5.75 Å². The Balaban J connectivity index is 1.97. The van der Waals surface area contributed by atoms with Gasteiger partial charge >= 0.3 is 5.97 Å². The number of phenolic OH excluding ortho intramolecular Hbond substituents is 1. The average molecular weight is 285 g/mol. The predicted molar refractivity (Wildman–Crippen MR) is 80.8 cm³/mol. The van der Waals surface area contributed by atoms with E-state index in [1.165, 1.54) is 7.11 Å². The van der Waals surface area contributed by atoms with Crippen LogP contribution in [0.1, 0.15) is 16.7 Å². The van der Waals surface area contributed by atoms with Gasteiger partial charge in [-0.25, -0.2) is 0 Å². The van der Waals surface area contributed by atoms with E-state index in [1.807, 2.05) is 36.4 Å². The van der Waals surface area contributed by atoms with Crippen LogP contribution in [0.4, 0.5) is 0 Å². The van der Waals surface area contributed by atoms with Crippen LogP contribution in [0.15, 0.2) is 48.5 Å². The van der Waals surface area contributed by atoms with Crippen molar-refractivity contribution in [2.45, 2.75) is 19.5 Å². The Kier molecular flexibility index (Phi) is 5.35. The highest BCUT2D eigenvalue weighted by Gasteiger charge is 2.07. The van der Waals surface area contributed by atoms with Crippen LogP contribution in [0.5, 0.6) is 5.75 Å². The molecule has 0 saturated heterocycles. The summed E-state index contributed by atoms with van der Waals surface area (Å²) >= 11 is 0. The Morgan fingerprint density at radius 2 is 1.57 bits per heavy atom. The Hall–Kier alpha value is -2.33. The molecule has 0 unspecified atom stereocenters. The van der Waals surface area contributed by atoms with Gasteiger partial charge in [-0.15, -0.1) is 0 Å².